The van der Waals surface area contributed by atoms with Gasteiger partial charge in [-0.15, -0.1) is 0 Å². The average Bonchev–Trinajstić information content (AvgIpc) is 2.84. The molecule has 33 heavy (non-hydrogen) atoms. The van der Waals surface area contributed by atoms with Gasteiger partial charge in [0.2, 0.25) is 5.95 Å². The first kappa shape index (κ1) is 22.5. The number of anilines is 1. The molecule has 1 saturated heterocycles. The Labute approximate surface area is 190 Å². The maximum Gasteiger partial charge on any atom is 0.260 e. The topological polar surface area (TPSA) is 114 Å². The molecule has 2 aromatic carbocycles. The van der Waals surface area contributed by atoms with E-state index in [0.717, 1.165) is 25.9 Å². The minimum atomic E-state index is -0.675. The lowest BCUT2D eigenvalue weighted by Crippen LogP contribution is -2.42. The molecule has 9 heteroatoms. The van der Waals surface area contributed by atoms with E-state index in [0.29, 0.717) is 34.6 Å². The first-order valence-electron chi connectivity index (χ1n) is 10.6. The van der Waals surface area contributed by atoms with E-state index in [1.165, 1.54) is 12.1 Å². The van der Waals surface area contributed by atoms with Gasteiger partial charge in [0.1, 0.15) is 17.6 Å². The van der Waals surface area contributed by atoms with Gasteiger partial charge in [-0.1, -0.05) is 18.2 Å². The zero-order valence-corrected chi connectivity index (χ0v) is 18.1. The van der Waals surface area contributed by atoms with Gasteiger partial charge < -0.3 is 20.1 Å². The predicted molar refractivity (Wildman–Crippen MR) is 122 cm³/mol. The van der Waals surface area contributed by atoms with Gasteiger partial charge in [0.05, 0.1) is 16.8 Å². The highest BCUT2D eigenvalue weighted by atomic mass is 19.1. The van der Waals surface area contributed by atoms with Crippen molar-refractivity contribution in [3.05, 3.63) is 64.2 Å². The quantitative estimate of drug-likeness (QED) is 0.496. The maximum atomic E-state index is 14.5. The van der Waals surface area contributed by atoms with Crippen LogP contribution >= 0.6 is 0 Å². The summed E-state index contributed by atoms with van der Waals surface area (Å²) in [7, 11) is 1.93. The van der Waals surface area contributed by atoms with Crippen LogP contribution in [-0.2, 0) is 0 Å². The number of aromatic amines is 1. The summed E-state index contributed by atoms with van der Waals surface area (Å²) in [5.41, 5.74) is 1.13. The van der Waals surface area contributed by atoms with Gasteiger partial charge in [0.25, 0.3) is 5.56 Å². The van der Waals surface area contributed by atoms with Crippen LogP contribution in [0.4, 0.5) is 10.3 Å². The smallest absolute Gasteiger partial charge is 0.260 e. The monoisotopic (exact) mass is 449 g/mol. The number of H-pyrrole nitrogens is 1. The van der Waals surface area contributed by atoms with Gasteiger partial charge in [0.15, 0.2) is 6.79 Å². The number of piperidine rings is 1. The Bertz CT molecular complexity index is 1230. The molecule has 0 atom stereocenters. The summed E-state index contributed by atoms with van der Waals surface area (Å²) in [5, 5.41) is 21.3. The molecule has 4 rings (SSSR count). The Morgan fingerprint density at radius 1 is 1.24 bits per heavy atom. The minimum absolute atomic E-state index is 0.0787. The number of benzene rings is 2. The van der Waals surface area contributed by atoms with Crippen LogP contribution in [0.1, 0.15) is 18.4 Å². The van der Waals surface area contributed by atoms with E-state index in [2.05, 4.69) is 10.3 Å². The highest BCUT2D eigenvalue weighted by Gasteiger charge is 2.23. The molecule has 0 radical (unpaired) electrons. The normalized spacial score (nSPS) is 14.2. The molecular formula is C24H24FN5O3. The van der Waals surface area contributed by atoms with Crippen molar-refractivity contribution in [1.82, 2.24) is 15.3 Å². The molecule has 0 aliphatic carbocycles. The zero-order valence-electron chi connectivity index (χ0n) is 18.1. The molecule has 3 aromatic rings. The van der Waals surface area contributed by atoms with Gasteiger partial charge in [0, 0.05) is 24.7 Å². The number of aliphatic hydroxyl groups is 1. The van der Waals surface area contributed by atoms with E-state index in [1.807, 2.05) is 18.0 Å². The number of halogens is 1. The molecule has 0 saturated carbocycles. The highest BCUT2D eigenvalue weighted by molar-refractivity contribution is 5.81. The predicted octanol–water partition coefficient (Wildman–Crippen LogP) is 2.63. The number of nitriles is 1. The van der Waals surface area contributed by atoms with E-state index in [1.54, 1.807) is 30.3 Å². The summed E-state index contributed by atoms with van der Waals surface area (Å²) in [5.74, 6) is 0.199. The van der Waals surface area contributed by atoms with Crippen molar-refractivity contribution >= 4 is 5.95 Å². The standard InChI is InChI=1S/C24H24FN5O3/c1-27-18-8-10-30(11-9-18)24-28-22(16-2-3-17(13-26)20(25)12-16)21(23(32)29-24)15-4-6-19(7-5-15)33-14-31/h2-7,12,18,27,31H,8-11,14H2,1H3,(H,28,29,32). The second kappa shape index (κ2) is 9.81. The molecule has 170 valence electrons. The second-order valence-corrected chi connectivity index (χ2v) is 7.77. The molecule has 1 aliphatic heterocycles. The van der Waals surface area contributed by atoms with Crippen molar-refractivity contribution in [2.75, 3.05) is 31.8 Å². The van der Waals surface area contributed by atoms with Crippen LogP contribution in [0.5, 0.6) is 5.75 Å². The minimum Gasteiger partial charge on any atom is -0.468 e. The third kappa shape index (κ3) is 4.72. The number of hydrogen-bond donors (Lipinski definition) is 3. The van der Waals surface area contributed by atoms with E-state index in [-0.39, 0.29) is 16.7 Å². The lowest BCUT2D eigenvalue weighted by Gasteiger charge is -2.32. The fourth-order valence-corrected chi connectivity index (χ4v) is 4.01. The molecule has 8 nitrogen and oxygen atoms in total. The van der Waals surface area contributed by atoms with Crippen LogP contribution in [0.2, 0.25) is 0 Å². The SMILES string of the molecule is CNC1CCN(c2nc(-c3ccc(C#N)c(F)c3)c(-c3ccc(OCO)cc3)c(=O)[nH]2)CC1. The van der Waals surface area contributed by atoms with Gasteiger partial charge in [-0.05, 0) is 49.7 Å². The van der Waals surface area contributed by atoms with Crippen molar-refractivity contribution in [2.24, 2.45) is 0 Å². The van der Waals surface area contributed by atoms with E-state index in [9.17, 15) is 9.18 Å². The van der Waals surface area contributed by atoms with Crippen molar-refractivity contribution < 1.29 is 14.2 Å². The van der Waals surface area contributed by atoms with Crippen LogP contribution in [0.15, 0.2) is 47.3 Å². The highest BCUT2D eigenvalue weighted by Crippen LogP contribution is 2.31. The molecule has 2 heterocycles. The summed E-state index contributed by atoms with van der Waals surface area (Å²) in [6.45, 7) is 0.987. The summed E-state index contributed by atoms with van der Waals surface area (Å²) in [6, 6.07) is 13.0. The van der Waals surface area contributed by atoms with Crippen LogP contribution in [0.25, 0.3) is 22.4 Å². The number of nitrogens with one attached hydrogen (secondary N) is 2. The Balaban J connectivity index is 1.82. The maximum absolute atomic E-state index is 14.5. The van der Waals surface area contributed by atoms with Gasteiger partial charge in [-0.3, -0.25) is 9.78 Å². The number of nitrogens with zero attached hydrogens (tertiary/aromatic N) is 3. The molecule has 0 amide bonds. The molecular weight excluding hydrogens is 425 g/mol. The zero-order chi connectivity index (χ0) is 23.4. The second-order valence-electron chi connectivity index (χ2n) is 7.77. The molecule has 1 aromatic heterocycles. The van der Waals surface area contributed by atoms with Crippen molar-refractivity contribution in [3.8, 4) is 34.2 Å². The largest absolute Gasteiger partial charge is 0.468 e. The molecule has 1 fully saturated rings. The lowest BCUT2D eigenvalue weighted by atomic mass is 9.99. The summed E-state index contributed by atoms with van der Waals surface area (Å²) in [4.78, 5) is 22.9. The van der Waals surface area contributed by atoms with Crippen molar-refractivity contribution in [1.29, 1.82) is 5.26 Å². The fourth-order valence-electron chi connectivity index (χ4n) is 4.01. The third-order valence-corrected chi connectivity index (χ3v) is 5.85. The first-order chi connectivity index (χ1) is 16.0. The van der Waals surface area contributed by atoms with Crippen LogP contribution < -0.4 is 20.5 Å². The molecule has 0 unspecified atom stereocenters. The lowest BCUT2D eigenvalue weighted by molar-refractivity contribution is 0.0985. The fraction of sp³-hybridized carbons (Fsp3) is 0.292. The van der Waals surface area contributed by atoms with Gasteiger partial charge in [-0.25, -0.2) is 9.37 Å². The number of rotatable bonds is 6. The summed E-state index contributed by atoms with van der Waals surface area (Å²) in [6.07, 6.45) is 1.82. The van der Waals surface area contributed by atoms with E-state index < -0.39 is 12.6 Å². The Morgan fingerprint density at radius 3 is 2.55 bits per heavy atom. The molecule has 1 aliphatic rings. The summed E-state index contributed by atoms with van der Waals surface area (Å²) >= 11 is 0. The number of aromatic nitrogens is 2. The molecule has 3 N–H and O–H groups in total. The first-order valence-corrected chi connectivity index (χ1v) is 10.6. The summed E-state index contributed by atoms with van der Waals surface area (Å²) < 4.78 is 19.5. The van der Waals surface area contributed by atoms with Gasteiger partial charge in [-0.2, -0.15) is 5.26 Å². The Morgan fingerprint density at radius 2 is 1.94 bits per heavy atom. The van der Waals surface area contributed by atoms with Crippen LogP contribution in [0, 0.1) is 17.1 Å². The van der Waals surface area contributed by atoms with E-state index >= 15 is 0 Å². The Kier molecular flexibility index (Phi) is 6.68. The third-order valence-electron chi connectivity index (χ3n) is 5.85. The van der Waals surface area contributed by atoms with Gasteiger partial charge >= 0.3 is 0 Å². The number of hydrogen-bond acceptors (Lipinski definition) is 7. The molecule has 0 bridgehead atoms. The van der Waals surface area contributed by atoms with Crippen molar-refractivity contribution in [3.63, 3.8) is 0 Å². The van der Waals surface area contributed by atoms with Crippen LogP contribution in [-0.4, -0.2) is 48.0 Å². The Hall–Kier alpha value is -3.74. The average molecular weight is 449 g/mol. The van der Waals surface area contributed by atoms with E-state index in [4.69, 9.17) is 20.1 Å². The number of ether oxygens (including phenoxy) is 1. The number of aliphatic hydroxyl groups excluding tert-OH is 1. The van der Waals surface area contributed by atoms with Crippen LogP contribution in [0.3, 0.4) is 0 Å². The van der Waals surface area contributed by atoms with Crippen molar-refractivity contribution in [2.45, 2.75) is 18.9 Å². The molecule has 0 spiro atoms.